The van der Waals surface area contributed by atoms with E-state index in [9.17, 15) is 4.39 Å². The second kappa shape index (κ2) is 4.72. The first-order valence-electron chi connectivity index (χ1n) is 5.82. The number of nitrogens with zero attached hydrogens (tertiary/aromatic N) is 1. The first-order valence-corrected chi connectivity index (χ1v) is 5.82. The molecule has 1 aromatic carbocycles. The van der Waals surface area contributed by atoms with Crippen LogP contribution in [0.15, 0.2) is 12.1 Å². The number of nitrogens with one attached hydrogen (secondary N) is 1. The second-order valence-corrected chi connectivity index (χ2v) is 4.66. The Bertz CT molecular complexity index is 464. The highest BCUT2D eigenvalue weighted by molar-refractivity contribution is 5.56. The molecular formula is C13H16FN3. The topological polar surface area (TPSA) is 61.8 Å². The normalized spacial score (nSPS) is 23.4. The molecule has 3 N–H and O–H groups in total. The van der Waals surface area contributed by atoms with E-state index in [0.717, 1.165) is 19.3 Å². The Morgan fingerprint density at radius 1 is 1.47 bits per heavy atom. The van der Waals surface area contributed by atoms with Gasteiger partial charge in [0.1, 0.15) is 5.82 Å². The Kier molecular flexibility index (Phi) is 3.30. The summed E-state index contributed by atoms with van der Waals surface area (Å²) in [4.78, 5) is 0. The zero-order chi connectivity index (χ0) is 12.4. The van der Waals surface area contributed by atoms with Crippen LogP contribution < -0.4 is 11.1 Å². The zero-order valence-electron chi connectivity index (χ0n) is 9.83. The molecule has 0 aromatic heterocycles. The summed E-state index contributed by atoms with van der Waals surface area (Å²) in [5.74, 6) is -0.339. The van der Waals surface area contributed by atoms with E-state index in [-0.39, 0.29) is 17.9 Å². The molecule has 0 heterocycles. The van der Waals surface area contributed by atoms with Crippen molar-refractivity contribution in [1.82, 2.24) is 0 Å². The lowest BCUT2D eigenvalue weighted by molar-refractivity contribution is 0.617. The molecular weight excluding hydrogens is 217 g/mol. The van der Waals surface area contributed by atoms with Crippen molar-refractivity contribution in [2.24, 2.45) is 5.73 Å². The minimum Gasteiger partial charge on any atom is -0.382 e. The van der Waals surface area contributed by atoms with Gasteiger partial charge in [-0.25, -0.2) is 4.39 Å². The van der Waals surface area contributed by atoms with Crippen molar-refractivity contribution in [1.29, 1.82) is 5.26 Å². The molecule has 90 valence electrons. The maximum atomic E-state index is 13.6. The lowest BCUT2D eigenvalue weighted by Crippen LogP contribution is -2.21. The number of halogens is 1. The summed E-state index contributed by atoms with van der Waals surface area (Å²) in [6, 6.07) is 5.45. The molecule has 1 saturated carbocycles. The van der Waals surface area contributed by atoms with E-state index in [1.807, 2.05) is 6.07 Å². The molecule has 2 unspecified atom stereocenters. The second-order valence-electron chi connectivity index (χ2n) is 4.66. The smallest absolute Gasteiger partial charge is 0.129 e. The Labute approximate surface area is 100 Å². The first kappa shape index (κ1) is 11.9. The number of nitriles is 1. The van der Waals surface area contributed by atoms with Crippen LogP contribution >= 0.6 is 0 Å². The summed E-state index contributed by atoms with van der Waals surface area (Å²) < 4.78 is 13.6. The summed E-state index contributed by atoms with van der Waals surface area (Å²) in [7, 11) is 0. The van der Waals surface area contributed by atoms with Crippen LogP contribution in [0.4, 0.5) is 10.1 Å². The molecule has 2 rings (SSSR count). The largest absolute Gasteiger partial charge is 0.382 e. The van der Waals surface area contributed by atoms with Crippen molar-refractivity contribution >= 4 is 5.69 Å². The summed E-state index contributed by atoms with van der Waals surface area (Å²) in [5, 5.41) is 12.1. The minimum atomic E-state index is -0.339. The van der Waals surface area contributed by atoms with Crippen molar-refractivity contribution < 1.29 is 4.39 Å². The summed E-state index contributed by atoms with van der Waals surface area (Å²) >= 11 is 0. The van der Waals surface area contributed by atoms with Crippen LogP contribution in [0.1, 0.15) is 30.4 Å². The lowest BCUT2D eigenvalue weighted by atomic mass is 10.1. The molecule has 4 heteroatoms. The van der Waals surface area contributed by atoms with E-state index in [0.29, 0.717) is 16.8 Å². The molecule has 0 spiro atoms. The Morgan fingerprint density at radius 3 is 2.82 bits per heavy atom. The van der Waals surface area contributed by atoms with Crippen LogP contribution in [0, 0.1) is 24.1 Å². The van der Waals surface area contributed by atoms with Gasteiger partial charge < -0.3 is 11.1 Å². The standard InChI is InChI=1S/C13H16FN3/c1-8-12(14)4-9(7-15)5-13(8)17-11-3-2-10(16)6-11/h4-5,10-11,17H,2-3,6,16H2,1H3. The van der Waals surface area contributed by atoms with Gasteiger partial charge in [-0.1, -0.05) is 0 Å². The summed E-state index contributed by atoms with van der Waals surface area (Å²) in [6.07, 6.45) is 2.90. The number of anilines is 1. The fourth-order valence-electron chi connectivity index (χ4n) is 2.26. The Balaban J connectivity index is 2.20. The molecule has 3 nitrogen and oxygen atoms in total. The molecule has 2 atom stereocenters. The molecule has 1 aliphatic carbocycles. The maximum Gasteiger partial charge on any atom is 0.129 e. The van der Waals surface area contributed by atoms with Gasteiger partial charge in [-0.3, -0.25) is 0 Å². The monoisotopic (exact) mass is 233 g/mol. The minimum absolute atomic E-state index is 0.233. The van der Waals surface area contributed by atoms with Crippen LogP contribution in [-0.2, 0) is 0 Å². The predicted molar refractivity (Wildman–Crippen MR) is 65.1 cm³/mol. The third-order valence-electron chi connectivity index (χ3n) is 3.31. The Hall–Kier alpha value is -1.60. The van der Waals surface area contributed by atoms with E-state index in [2.05, 4.69) is 5.32 Å². The molecule has 17 heavy (non-hydrogen) atoms. The van der Waals surface area contributed by atoms with Gasteiger partial charge in [0, 0.05) is 23.3 Å². The molecule has 0 saturated heterocycles. The molecule has 1 fully saturated rings. The van der Waals surface area contributed by atoms with Crippen LogP contribution in [0.2, 0.25) is 0 Å². The lowest BCUT2D eigenvalue weighted by Gasteiger charge is -2.16. The fourth-order valence-corrected chi connectivity index (χ4v) is 2.26. The highest BCUT2D eigenvalue weighted by Gasteiger charge is 2.22. The van der Waals surface area contributed by atoms with Crippen LogP contribution in [0.5, 0.6) is 0 Å². The van der Waals surface area contributed by atoms with Crippen LogP contribution in [-0.4, -0.2) is 12.1 Å². The number of rotatable bonds is 2. The van der Waals surface area contributed by atoms with Gasteiger partial charge in [-0.2, -0.15) is 5.26 Å². The number of nitrogens with two attached hydrogens (primary N) is 1. The molecule has 1 aliphatic rings. The molecule has 0 amide bonds. The van der Waals surface area contributed by atoms with Crippen molar-refractivity contribution in [3.8, 4) is 6.07 Å². The van der Waals surface area contributed by atoms with Crippen molar-refractivity contribution in [2.45, 2.75) is 38.3 Å². The summed E-state index contributed by atoms with van der Waals surface area (Å²) in [5.41, 5.74) is 7.45. The number of hydrogen-bond acceptors (Lipinski definition) is 3. The van der Waals surface area contributed by atoms with E-state index in [4.69, 9.17) is 11.0 Å². The molecule has 1 aromatic rings. The van der Waals surface area contributed by atoms with Gasteiger partial charge in [-0.05, 0) is 38.3 Å². The molecule has 0 bridgehead atoms. The highest BCUT2D eigenvalue weighted by Crippen LogP contribution is 2.26. The average Bonchev–Trinajstić information content (AvgIpc) is 2.70. The SMILES string of the molecule is Cc1c(F)cc(C#N)cc1NC1CCC(N)C1. The quantitative estimate of drug-likeness (QED) is 0.823. The molecule has 0 aliphatic heterocycles. The van der Waals surface area contributed by atoms with Crippen LogP contribution in [0.25, 0.3) is 0 Å². The zero-order valence-corrected chi connectivity index (χ0v) is 9.83. The van der Waals surface area contributed by atoms with Gasteiger partial charge in [-0.15, -0.1) is 0 Å². The van der Waals surface area contributed by atoms with E-state index in [1.54, 1.807) is 13.0 Å². The van der Waals surface area contributed by atoms with Crippen LogP contribution in [0.3, 0.4) is 0 Å². The fraction of sp³-hybridized carbons (Fsp3) is 0.462. The van der Waals surface area contributed by atoms with E-state index >= 15 is 0 Å². The number of benzene rings is 1. The van der Waals surface area contributed by atoms with Gasteiger partial charge in [0.2, 0.25) is 0 Å². The molecule has 0 radical (unpaired) electrons. The summed E-state index contributed by atoms with van der Waals surface area (Å²) in [6.45, 7) is 1.72. The first-order chi connectivity index (χ1) is 8.10. The van der Waals surface area contributed by atoms with Gasteiger partial charge in [0.15, 0.2) is 0 Å². The predicted octanol–water partition coefficient (Wildman–Crippen LogP) is 2.30. The van der Waals surface area contributed by atoms with Crippen molar-refractivity contribution in [3.63, 3.8) is 0 Å². The Morgan fingerprint density at radius 2 is 2.24 bits per heavy atom. The third-order valence-corrected chi connectivity index (χ3v) is 3.31. The van der Waals surface area contributed by atoms with Gasteiger partial charge in [0.05, 0.1) is 11.6 Å². The van der Waals surface area contributed by atoms with Gasteiger partial charge >= 0.3 is 0 Å². The third kappa shape index (κ3) is 2.56. The average molecular weight is 233 g/mol. The van der Waals surface area contributed by atoms with Crippen molar-refractivity contribution in [3.05, 3.63) is 29.1 Å². The van der Waals surface area contributed by atoms with E-state index in [1.165, 1.54) is 6.07 Å². The number of hydrogen-bond donors (Lipinski definition) is 2. The van der Waals surface area contributed by atoms with E-state index < -0.39 is 0 Å². The van der Waals surface area contributed by atoms with Crippen molar-refractivity contribution in [2.75, 3.05) is 5.32 Å². The van der Waals surface area contributed by atoms with Gasteiger partial charge in [0.25, 0.3) is 0 Å². The maximum absolute atomic E-state index is 13.6. The highest BCUT2D eigenvalue weighted by atomic mass is 19.1.